The Morgan fingerprint density at radius 1 is 1.59 bits per heavy atom. The van der Waals surface area contributed by atoms with Gasteiger partial charge >= 0.3 is 0 Å². The van der Waals surface area contributed by atoms with Crippen LogP contribution in [-0.4, -0.2) is 34.9 Å². The zero-order valence-electron chi connectivity index (χ0n) is 9.99. The molecule has 0 aliphatic rings. The van der Waals surface area contributed by atoms with Crippen LogP contribution in [0.15, 0.2) is 11.4 Å². The first-order valence-corrected chi connectivity index (χ1v) is 6.20. The lowest BCUT2D eigenvalue weighted by molar-refractivity contribution is -0.114. The molecular formula is C11H18N2O3S. The molecular weight excluding hydrogens is 240 g/mol. The standard InChI is InChI=1S/C11H18N2O3S/c1-8(15)13-9-3-4-17-10(9)5-12-6-11(2,16)7-14/h3-4,12,14,16H,5-7H2,1-2H3,(H,13,15). The first-order valence-electron chi connectivity index (χ1n) is 5.32. The minimum Gasteiger partial charge on any atom is -0.393 e. The van der Waals surface area contributed by atoms with Gasteiger partial charge in [-0.15, -0.1) is 11.3 Å². The molecule has 4 N–H and O–H groups in total. The molecule has 0 radical (unpaired) electrons. The Morgan fingerprint density at radius 2 is 2.29 bits per heavy atom. The van der Waals surface area contributed by atoms with Crippen molar-refractivity contribution in [1.82, 2.24) is 5.32 Å². The number of hydrogen-bond acceptors (Lipinski definition) is 5. The van der Waals surface area contributed by atoms with Crippen LogP contribution in [0.5, 0.6) is 0 Å². The summed E-state index contributed by atoms with van der Waals surface area (Å²) in [4.78, 5) is 11.9. The average molecular weight is 258 g/mol. The fourth-order valence-corrected chi connectivity index (χ4v) is 2.08. The Morgan fingerprint density at radius 3 is 2.88 bits per heavy atom. The van der Waals surface area contributed by atoms with Crippen molar-refractivity contribution in [2.45, 2.75) is 26.0 Å². The maximum Gasteiger partial charge on any atom is 0.221 e. The smallest absolute Gasteiger partial charge is 0.221 e. The second kappa shape index (κ2) is 6.11. The third-order valence-corrected chi connectivity index (χ3v) is 3.11. The van der Waals surface area contributed by atoms with E-state index in [4.69, 9.17) is 5.11 Å². The SMILES string of the molecule is CC(=O)Nc1ccsc1CNCC(C)(O)CO. The molecule has 1 unspecified atom stereocenters. The van der Waals surface area contributed by atoms with Gasteiger partial charge in [-0.3, -0.25) is 4.79 Å². The number of anilines is 1. The van der Waals surface area contributed by atoms with Crippen LogP contribution in [0, 0.1) is 0 Å². The summed E-state index contributed by atoms with van der Waals surface area (Å²) in [6.07, 6.45) is 0. The van der Waals surface area contributed by atoms with Gasteiger partial charge in [-0.1, -0.05) is 0 Å². The highest BCUT2D eigenvalue weighted by Gasteiger charge is 2.18. The van der Waals surface area contributed by atoms with Gasteiger partial charge in [-0.25, -0.2) is 0 Å². The van der Waals surface area contributed by atoms with Gasteiger partial charge in [0, 0.05) is 24.9 Å². The Labute approximate surface area is 104 Å². The molecule has 0 aromatic carbocycles. The highest BCUT2D eigenvalue weighted by Crippen LogP contribution is 2.22. The van der Waals surface area contributed by atoms with E-state index in [1.807, 2.05) is 11.4 Å². The maximum absolute atomic E-state index is 10.9. The number of rotatable bonds is 6. The Bertz CT molecular complexity index is 377. The summed E-state index contributed by atoms with van der Waals surface area (Å²) in [5.74, 6) is -0.105. The predicted octanol–water partition coefficient (Wildman–Crippen LogP) is 0.539. The zero-order chi connectivity index (χ0) is 12.9. The Balaban J connectivity index is 2.47. The molecule has 1 heterocycles. The van der Waals surface area contributed by atoms with Crippen LogP contribution < -0.4 is 10.6 Å². The number of nitrogens with one attached hydrogen (secondary N) is 2. The summed E-state index contributed by atoms with van der Waals surface area (Å²) < 4.78 is 0. The lowest BCUT2D eigenvalue weighted by Crippen LogP contribution is -2.40. The second-order valence-corrected chi connectivity index (χ2v) is 5.20. The first-order chi connectivity index (χ1) is 7.94. The van der Waals surface area contributed by atoms with Crippen molar-refractivity contribution < 1.29 is 15.0 Å². The van der Waals surface area contributed by atoms with E-state index in [-0.39, 0.29) is 12.5 Å². The molecule has 17 heavy (non-hydrogen) atoms. The predicted molar refractivity (Wildman–Crippen MR) is 68.0 cm³/mol. The number of carbonyl (C=O) groups is 1. The van der Waals surface area contributed by atoms with Gasteiger partial charge in [0.25, 0.3) is 0 Å². The summed E-state index contributed by atoms with van der Waals surface area (Å²) in [5.41, 5.74) is -0.329. The largest absolute Gasteiger partial charge is 0.393 e. The highest BCUT2D eigenvalue weighted by atomic mass is 32.1. The maximum atomic E-state index is 10.9. The monoisotopic (exact) mass is 258 g/mol. The minimum absolute atomic E-state index is 0.105. The lowest BCUT2D eigenvalue weighted by atomic mass is 10.1. The van der Waals surface area contributed by atoms with Crippen LogP contribution in [0.3, 0.4) is 0 Å². The van der Waals surface area contributed by atoms with Crippen molar-refractivity contribution in [3.05, 3.63) is 16.3 Å². The van der Waals surface area contributed by atoms with Crippen molar-refractivity contribution in [3.8, 4) is 0 Å². The van der Waals surface area contributed by atoms with Crippen molar-refractivity contribution in [3.63, 3.8) is 0 Å². The third kappa shape index (κ3) is 4.82. The van der Waals surface area contributed by atoms with E-state index in [1.54, 1.807) is 6.92 Å². The molecule has 0 spiro atoms. The summed E-state index contributed by atoms with van der Waals surface area (Å²) in [5, 5.41) is 26.1. The van der Waals surface area contributed by atoms with E-state index in [9.17, 15) is 9.90 Å². The normalized spacial score (nSPS) is 14.4. The average Bonchev–Trinajstić information content (AvgIpc) is 2.65. The van der Waals surface area contributed by atoms with Crippen LogP contribution in [0.25, 0.3) is 0 Å². The van der Waals surface area contributed by atoms with Crippen LogP contribution in [0.4, 0.5) is 5.69 Å². The number of aliphatic hydroxyl groups is 2. The van der Waals surface area contributed by atoms with Gasteiger partial charge in [-0.2, -0.15) is 0 Å². The molecule has 1 amide bonds. The van der Waals surface area contributed by atoms with Gasteiger partial charge in [0.1, 0.15) is 0 Å². The zero-order valence-corrected chi connectivity index (χ0v) is 10.8. The minimum atomic E-state index is -1.12. The molecule has 0 fully saturated rings. The first kappa shape index (κ1) is 14.1. The van der Waals surface area contributed by atoms with Gasteiger partial charge in [0.05, 0.1) is 17.9 Å². The molecule has 1 atom stereocenters. The number of amides is 1. The number of carbonyl (C=O) groups excluding carboxylic acids is 1. The highest BCUT2D eigenvalue weighted by molar-refractivity contribution is 7.10. The van der Waals surface area contributed by atoms with Crippen LogP contribution in [-0.2, 0) is 11.3 Å². The third-order valence-electron chi connectivity index (χ3n) is 2.19. The molecule has 0 saturated heterocycles. The van der Waals surface area contributed by atoms with Crippen molar-refractivity contribution in [2.75, 3.05) is 18.5 Å². The van der Waals surface area contributed by atoms with E-state index in [2.05, 4.69) is 10.6 Å². The van der Waals surface area contributed by atoms with Gasteiger partial charge < -0.3 is 20.8 Å². The molecule has 5 nitrogen and oxygen atoms in total. The molecule has 0 aliphatic carbocycles. The van der Waals surface area contributed by atoms with E-state index in [1.165, 1.54) is 18.3 Å². The molecule has 96 valence electrons. The number of thiophene rings is 1. The van der Waals surface area contributed by atoms with E-state index in [0.717, 1.165) is 10.6 Å². The molecule has 0 aliphatic heterocycles. The molecule has 0 bridgehead atoms. The Hall–Kier alpha value is -0.950. The number of hydrogen-bond donors (Lipinski definition) is 4. The van der Waals surface area contributed by atoms with Crippen molar-refractivity contribution in [1.29, 1.82) is 0 Å². The summed E-state index contributed by atoms with van der Waals surface area (Å²) >= 11 is 1.53. The fourth-order valence-electron chi connectivity index (χ4n) is 1.28. The van der Waals surface area contributed by atoms with E-state index >= 15 is 0 Å². The topological polar surface area (TPSA) is 81.6 Å². The fraction of sp³-hybridized carbons (Fsp3) is 0.545. The lowest BCUT2D eigenvalue weighted by Gasteiger charge is -2.20. The van der Waals surface area contributed by atoms with Crippen LogP contribution in [0.1, 0.15) is 18.7 Å². The summed E-state index contributed by atoms with van der Waals surface area (Å²) in [7, 11) is 0. The molecule has 6 heteroatoms. The van der Waals surface area contributed by atoms with Crippen LogP contribution in [0.2, 0.25) is 0 Å². The molecule has 1 rings (SSSR count). The summed E-state index contributed by atoms with van der Waals surface area (Å²) in [6, 6.07) is 1.84. The van der Waals surface area contributed by atoms with Crippen molar-refractivity contribution in [2.24, 2.45) is 0 Å². The van der Waals surface area contributed by atoms with Crippen molar-refractivity contribution >= 4 is 22.9 Å². The quantitative estimate of drug-likeness (QED) is 0.600. The summed E-state index contributed by atoms with van der Waals surface area (Å²) in [6.45, 7) is 3.57. The number of aliphatic hydroxyl groups excluding tert-OH is 1. The molecule has 1 aromatic heterocycles. The van der Waals surface area contributed by atoms with E-state index < -0.39 is 5.60 Å². The Kier molecular flexibility index (Phi) is 5.07. The van der Waals surface area contributed by atoms with Gasteiger partial charge in [0.2, 0.25) is 5.91 Å². The second-order valence-electron chi connectivity index (χ2n) is 4.20. The van der Waals surface area contributed by atoms with E-state index in [0.29, 0.717) is 13.1 Å². The van der Waals surface area contributed by atoms with Gasteiger partial charge in [0.15, 0.2) is 0 Å². The molecule has 0 saturated carbocycles. The van der Waals surface area contributed by atoms with Crippen LogP contribution >= 0.6 is 11.3 Å². The van der Waals surface area contributed by atoms with Gasteiger partial charge in [-0.05, 0) is 18.4 Å². The molecule has 1 aromatic rings.